The van der Waals surface area contributed by atoms with E-state index in [4.69, 9.17) is 15.3 Å². The Balaban J connectivity index is 3.02. The molecule has 1 heterocycles. The smallest absolute Gasteiger partial charge is 0.133 e. The topological polar surface area (TPSA) is 56.8 Å². The molecule has 0 spiro atoms. The Kier molecular flexibility index (Phi) is 3.11. The molecule has 0 amide bonds. The number of hydrogen-bond acceptors (Lipinski definition) is 3. The highest BCUT2D eigenvalue weighted by atomic mass is 16.5. The first-order chi connectivity index (χ1) is 6.31. The van der Waals surface area contributed by atoms with Gasteiger partial charge in [-0.25, -0.2) is 0 Å². The van der Waals surface area contributed by atoms with E-state index in [1.54, 1.807) is 6.08 Å². The zero-order chi connectivity index (χ0) is 9.68. The van der Waals surface area contributed by atoms with E-state index in [2.05, 4.69) is 0 Å². The van der Waals surface area contributed by atoms with Crippen molar-refractivity contribution in [3.63, 3.8) is 0 Å². The van der Waals surface area contributed by atoms with Crippen molar-refractivity contribution in [1.82, 2.24) is 0 Å². The second-order valence-corrected chi connectivity index (χ2v) is 2.69. The van der Waals surface area contributed by atoms with Crippen LogP contribution >= 0.6 is 0 Å². The summed E-state index contributed by atoms with van der Waals surface area (Å²) in [4.78, 5) is 0. The van der Waals surface area contributed by atoms with Gasteiger partial charge in [-0.15, -0.1) is 0 Å². The minimum absolute atomic E-state index is 0.203. The third kappa shape index (κ3) is 2.10. The molecule has 1 aliphatic heterocycles. The molecule has 0 N–H and O–H groups in total. The monoisotopic (exact) mass is 174 g/mol. The predicted molar refractivity (Wildman–Crippen MR) is 47.2 cm³/mol. The average molecular weight is 174 g/mol. The highest BCUT2D eigenvalue weighted by molar-refractivity contribution is 5.45. The van der Waals surface area contributed by atoms with Gasteiger partial charge in [0.2, 0.25) is 0 Å². The maximum atomic E-state index is 8.64. The van der Waals surface area contributed by atoms with Gasteiger partial charge in [0.15, 0.2) is 0 Å². The highest BCUT2D eigenvalue weighted by Crippen LogP contribution is 2.20. The van der Waals surface area contributed by atoms with E-state index in [1.807, 2.05) is 19.1 Å². The van der Waals surface area contributed by atoms with Crippen molar-refractivity contribution in [3.05, 3.63) is 23.0 Å². The van der Waals surface area contributed by atoms with E-state index in [9.17, 15) is 0 Å². The van der Waals surface area contributed by atoms with E-state index in [0.717, 1.165) is 17.8 Å². The average Bonchev–Trinajstić information content (AvgIpc) is 2.20. The van der Waals surface area contributed by atoms with Crippen molar-refractivity contribution < 1.29 is 4.74 Å². The Bertz CT molecular complexity index is 323. The summed E-state index contributed by atoms with van der Waals surface area (Å²) in [7, 11) is 0. The molecule has 0 radical (unpaired) electrons. The molecule has 0 aromatic carbocycles. The minimum Gasteiger partial charge on any atom is -0.498 e. The molecule has 66 valence electrons. The van der Waals surface area contributed by atoms with E-state index in [-0.39, 0.29) is 5.57 Å². The molecule has 3 heteroatoms. The summed E-state index contributed by atoms with van der Waals surface area (Å²) in [6.45, 7) is 2.55. The zero-order valence-electron chi connectivity index (χ0n) is 7.50. The van der Waals surface area contributed by atoms with Gasteiger partial charge < -0.3 is 4.74 Å². The fourth-order valence-electron chi connectivity index (χ4n) is 1.17. The number of hydrogen-bond donors (Lipinski definition) is 0. The van der Waals surface area contributed by atoms with Gasteiger partial charge in [-0.05, 0) is 11.6 Å². The number of ether oxygens (including phenoxy) is 1. The molecule has 0 saturated heterocycles. The molecule has 0 saturated carbocycles. The molecular weight excluding hydrogens is 164 g/mol. The molecule has 0 fully saturated rings. The Morgan fingerprint density at radius 1 is 1.54 bits per heavy atom. The first-order valence-electron chi connectivity index (χ1n) is 4.18. The molecule has 0 aromatic rings. The maximum Gasteiger partial charge on any atom is 0.133 e. The number of rotatable bonds is 1. The molecular formula is C10H10N2O. The van der Waals surface area contributed by atoms with Crippen LogP contribution in [-0.2, 0) is 4.74 Å². The number of nitrogens with zero attached hydrogens (tertiary/aromatic N) is 2. The summed E-state index contributed by atoms with van der Waals surface area (Å²) < 4.78 is 5.30. The molecule has 0 aromatic heterocycles. The van der Waals surface area contributed by atoms with Crippen LogP contribution in [0.2, 0.25) is 0 Å². The Hall–Kier alpha value is -1.74. The second-order valence-electron chi connectivity index (χ2n) is 2.69. The summed E-state index contributed by atoms with van der Waals surface area (Å²) in [6.07, 6.45) is 3.25. The van der Waals surface area contributed by atoms with Gasteiger partial charge in [0.05, 0.1) is 12.4 Å². The van der Waals surface area contributed by atoms with Gasteiger partial charge in [0, 0.05) is 12.8 Å². The summed E-state index contributed by atoms with van der Waals surface area (Å²) in [6, 6.07) is 3.77. The quantitative estimate of drug-likeness (QED) is 0.571. The van der Waals surface area contributed by atoms with Crippen LogP contribution in [0.3, 0.4) is 0 Å². The molecule has 1 aliphatic rings. The third-order valence-corrected chi connectivity index (χ3v) is 1.89. The molecule has 0 unspecified atom stereocenters. The van der Waals surface area contributed by atoms with Crippen molar-refractivity contribution in [2.75, 3.05) is 6.61 Å². The van der Waals surface area contributed by atoms with Crippen molar-refractivity contribution in [2.45, 2.75) is 19.8 Å². The predicted octanol–water partition coefficient (Wildman–Crippen LogP) is 2.04. The van der Waals surface area contributed by atoms with E-state index >= 15 is 0 Å². The SMILES string of the molecule is CCC1=CC(=C(C#N)C#N)CCO1. The van der Waals surface area contributed by atoms with Crippen LogP contribution in [-0.4, -0.2) is 6.61 Å². The lowest BCUT2D eigenvalue weighted by molar-refractivity contribution is 0.199. The molecule has 0 bridgehead atoms. The summed E-state index contributed by atoms with van der Waals surface area (Å²) >= 11 is 0. The molecule has 0 atom stereocenters. The lowest BCUT2D eigenvalue weighted by Gasteiger charge is -2.15. The van der Waals surface area contributed by atoms with Crippen molar-refractivity contribution in [3.8, 4) is 12.1 Å². The summed E-state index contributed by atoms with van der Waals surface area (Å²) in [5, 5.41) is 17.3. The molecule has 3 nitrogen and oxygen atoms in total. The van der Waals surface area contributed by atoms with Crippen molar-refractivity contribution in [2.24, 2.45) is 0 Å². The number of allylic oxidation sites excluding steroid dienone is 3. The van der Waals surface area contributed by atoms with Gasteiger partial charge >= 0.3 is 0 Å². The second kappa shape index (κ2) is 4.33. The highest BCUT2D eigenvalue weighted by Gasteiger charge is 2.10. The van der Waals surface area contributed by atoms with Crippen LogP contribution in [0.25, 0.3) is 0 Å². The number of nitriles is 2. The lowest BCUT2D eigenvalue weighted by Crippen LogP contribution is -2.04. The lowest BCUT2D eigenvalue weighted by atomic mass is 10.0. The van der Waals surface area contributed by atoms with Crippen LogP contribution in [0, 0.1) is 22.7 Å². The van der Waals surface area contributed by atoms with Crippen LogP contribution in [0.4, 0.5) is 0 Å². The van der Waals surface area contributed by atoms with Crippen LogP contribution in [0.5, 0.6) is 0 Å². The maximum absolute atomic E-state index is 8.64. The summed E-state index contributed by atoms with van der Waals surface area (Å²) in [5.74, 6) is 0.851. The largest absolute Gasteiger partial charge is 0.498 e. The Morgan fingerprint density at radius 2 is 2.23 bits per heavy atom. The fraction of sp³-hybridized carbons (Fsp3) is 0.400. The van der Waals surface area contributed by atoms with E-state index in [0.29, 0.717) is 13.0 Å². The Morgan fingerprint density at radius 3 is 2.77 bits per heavy atom. The van der Waals surface area contributed by atoms with Crippen LogP contribution < -0.4 is 0 Å². The fourth-order valence-corrected chi connectivity index (χ4v) is 1.17. The molecule has 0 aliphatic carbocycles. The van der Waals surface area contributed by atoms with Gasteiger partial charge in [-0.1, -0.05) is 6.92 Å². The van der Waals surface area contributed by atoms with Gasteiger partial charge in [-0.2, -0.15) is 10.5 Å². The van der Waals surface area contributed by atoms with Gasteiger partial charge in [0.25, 0.3) is 0 Å². The van der Waals surface area contributed by atoms with Gasteiger partial charge in [0.1, 0.15) is 17.7 Å². The van der Waals surface area contributed by atoms with Gasteiger partial charge in [-0.3, -0.25) is 0 Å². The van der Waals surface area contributed by atoms with Crippen LogP contribution in [0.1, 0.15) is 19.8 Å². The molecule has 1 rings (SSSR count). The zero-order valence-corrected chi connectivity index (χ0v) is 7.50. The first-order valence-corrected chi connectivity index (χ1v) is 4.18. The summed E-state index contributed by atoms with van der Waals surface area (Å²) in [5.41, 5.74) is 1.00. The third-order valence-electron chi connectivity index (χ3n) is 1.89. The van der Waals surface area contributed by atoms with Crippen molar-refractivity contribution >= 4 is 0 Å². The van der Waals surface area contributed by atoms with E-state index in [1.165, 1.54) is 0 Å². The Labute approximate surface area is 77.5 Å². The standard InChI is InChI=1S/C10H10N2O/c1-2-10-5-8(3-4-13-10)9(6-11)7-12/h5H,2-4H2,1H3. The normalized spacial score (nSPS) is 15.0. The first kappa shape index (κ1) is 9.35. The van der Waals surface area contributed by atoms with Crippen LogP contribution in [0.15, 0.2) is 23.0 Å². The van der Waals surface area contributed by atoms with E-state index < -0.39 is 0 Å². The van der Waals surface area contributed by atoms with Crippen molar-refractivity contribution in [1.29, 1.82) is 10.5 Å². The minimum atomic E-state index is 0.203. The molecule has 13 heavy (non-hydrogen) atoms.